The van der Waals surface area contributed by atoms with Crippen molar-refractivity contribution in [3.63, 3.8) is 0 Å². The first kappa shape index (κ1) is 18.8. The molecule has 2 N–H and O–H groups in total. The van der Waals surface area contributed by atoms with Crippen LogP contribution in [-0.4, -0.2) is 23.5 Å². The van der Waals surface area contributed by atoms with Gasteiger partial charge in [0.2, 0.25) is 0 Å². The summed E-state index contributed by atoms with van der Waals surface area (Å²) in [4.78, 5) is 16.5. The molecule has 2 aromatic rings. The average Bonchev–Trinajstić information content (AvgIpc) is 2.56. The Morgan fingerprint density at radius 2 is 1.80 bits per heavy atom. The van der Waals surface area contributed by atoms with Crippen LogP contribution >= 0.6 is 0 Å². The van der Waals surface area contributed by atoms with Crippen LogP contribution in [0.3, 0.4) is 0 Å². The second-order valence-corrected chi connectivity index (χ2v) is 6.68. The van der Waals surface area contributed by atoms with Crippen molar-refractivity contribution in [1.82, 2.24) is 4.98 Å². The molecule has 0 unspecified atom stereocenters. The van der Waals surface area contributed by atoms with Gasteiger partial charge < -0.3 is 15.4 Å². The fourth-order valence-electron chi connectivity index (χ4n) is 2.25. The minimum atomic E-state index is -0.231. The number of amides is 1. The number of hydrogen-bond acceptors (Lipinski definition) is 4. The second kappa shape index (κ2) is 9.06. The maximum absolute atomic E-state index is 12.4. The first-order valence-corrected chi connectivity index (χ1v) is 8.72. The predicted octanol–water partition coefficient (Wildman–Crippen LogP) is 4.58. The van der Waals surface area contributed by atoms with Crippen LogP contribution in [0.25, 0.3) is 0 Å². The summed E-state index contributed by atoms with van der Waals surface area (Å²) in [6, 6.07) is 11.0. The molecular weight excluding hydrogens is 314 g/mol. The van der Waals surface area contributed by atoms with Crippen LogP contribution < -0.4 is 15.4 Å². The Bertz CT molecular complexity index is 682. The van der Waals surface area contributed by atoms with Gasteiger partial charge in [-0.3, -0.25) is 9.78 Å². The first-order valence-electron chi connectivity index (χ1n) is 8.72. The number of nitrogens with zero attached hydrogens (tertiary/aromatic N) is 1. The van der Waals surface area contributed by atoms with E-state index in [0.29, 0.717) is 17.3 Å². The van der Waals surface area contributed by atoms with Gasteiger partial charge in [-0.05, 0) is 62.6 Å². The van der Waals surface area contributed by atoms with Crippen molar-refractivity contribution in [1.29, 1.82) is 0 Å². The number of hydrogen-bond donors (Lipinski definition) is 2. The highest BCUT2D eigenvalue weighted by molar-refractivity contribution is 6.03. The largest absolute Gasteiger partial charge is 0.491 e. The maximum atomic E-state index is 12.4. The number of anilines is 2. The van der Waals surface area contributed by atoms with Gasteiger partial charge >= 0.3 is 0 Å². The zero-order valence-electron chi connectivity index (χ0n) is 15.4. The Labute approximate surface area is 149 Å². The van der Waals surface area contributed by atoms with Gasteiger partial charge in [-0.2, -0.15) is 0 Å². The van der Waals surface area contributed by atoms with Gasteiger partial charge in [0, 0.05) is 24.1 Å². The van der Waals surface area contributed by atoms with E-state index in [4.69, 9.17) is 4.74 Å². The highest BCUT2D eigenvalue weighted by Gasteiger charge is 2.09. The minimum absolute atomic E-state index is 0.121. The van der Waals surface area contributed by atoms with E-state index in [1.807, 2.05) is 44.2 Å². The standard InChI is InChI=1S/C20H27N3O2/c1-14(2)9-11-21-17-10-12-22-19(13-17)20(24)23-16-5-7-18(8-6-16)25-15(3)4/h5-8,10,12-15H,9,11H2,1-4H3,(H,21,22)(H,23,24). The number of carbonyl (C=O) groups is 1. The molecule has 0 radical (unpaired) electrons. The lowest BCUT2D eigenvalue weighted by molar-refractivity contribution is 0.102. The number of ether oxygens (including phenoxy) is 1. The van der Waals surface area contributed by atoms with Gasteiger partial charge in [-0.15, -0.1) is 0 Å². The van der Waals surface area contributed by atoms with Gasteiger partial charge in [-0.25, -0.2) is 0 Å². The average molecular weight is 341 g/mol. The van der Waals surface area contributed by atoms with E-state index >= 15 is 0 Å². The SMILES string of the molecule is CC(C)CCNc1ccnc(C(=O)Nc2ccc(OC(C)C)cc2)c1. The van der Waals surface area contributed by atoms with Gasteiger partial charge in [0.05, 0.1) is 6.10 Å². The zero-order valence-corrected chi connectivity index (χ0v) is 15.4. The molecular formula is C20H27N3O2. The lowest BCUT2D eigenvalue weighted by Crippen LogP contribution is -2.14. The number of benzene rings is 1. The summed E-state index contributed by atoms with van der Waals surface area (Å²) in [7, 11) is 0. The Morgan fingerprint density at radius 1 is 1.08 bits per heavy atom. The van der Waals surface area contributed by atoms with Crippen LogP contribution in [0.5, 0.6) is 5.75 Å². The van der Waals surface area contributed by atoms with E-state index in [2.05, 4.69) is 29.5 Å². The van der Waals surface area contributed by atoms with Gasteiger partial charge in [0.25, 0.3) is 5.91 Å². The molecule has 1 amide bonds. The van der Waals surface area contributed by atoms with Gasteiger partial charge in [0.1, 0.15) is 11.4 Å². The van der Waals surface area contributed by atoms with Crippen LogP contribution in [0.2, 0.25) is 0 Å². The normalized spacial score (nSPS) is 10.8. The highest BCUT2D eigenvalue weighted by atomic mass is 16.5. The van der Waals surface area contributed by atoms with Crippen molar-refractivity contribution >= 4 is 17.3 Å². The molecule has 1 heterocycles. The number of carbonyl (C=O) groups excluding carboxylic acids is 1. The van der Waals surface area contributed by atoms with Gasteiger partial charge in [0.15, 0.2) is 0 Å². The monoisotopic (exact) mass is 341 g/mol. The first-order chi connectivity index (χ1) is 11.9. The minimum Gasteiger partial charge on any atom is -0.491 e. The Balaban J connectivity index is 1.96. The Morgan fingerprint density at radius 3 is 2.44 bits per heavy atom. The third kappa shape index (κ3) is 6.45. The maximum Gasteiger partial charge on any atom is 0.274 e. The van der Waals surface area contributed by atoms with Crippen LogP contribution in [-0.2, 0) is 0 Å². The fourth-order valence-corrected chi connectivity index (χ4v) is 2.25. The van der Waals surface area contributed by atoms with Crippen molar-refractivity contribution in [2.24, 2.45) is 5.92 Å². The zero-order chi connectivity index (χ0) is 18.2. The molecule has 0 bridgehead atoms. The third-order valence-electron chi connectivity index (χ3n) is 3.53. The lowest BCUT2D eigenvalue weighted by Gasteiger charge is -2.11. The molecule has 0 spiro atoms. The number of nitrogens with one attached hydrogen (secondary N) is 2. The highest BCUT2D eigenvalue weighted by Crippen LogP contribution is 2.18. The van der Waals surface area contributed by atoms with Crippen molar-refractivity contribution in [3.05, 3.63) is 48.3 Å². The summed E-state index contributed by atoms with van der Waals surface area (Å²) < 4.78 is 5.60. The van der Waals surface area contributed by atoms with Crippen LogP contribution in [0.4, 0.5) is 11.4 Å². The molecule has 0 aliphatic heterocycles. The summed E-state index contributed by atoms with van der Waals surface area (Å²) >= 11 is 0. The summed E-state index contributed by atoms with van der Waals surface area (Å²) in [6.45, 7) is 9.20. The van der Waals surface area contributed by atoms with Crippen LogP contribution in [0.15, 0.2) is 42.6 Å². The van der Waals surface area contributed by atoms with Crippen molar-refractivity contribution in [2.45, 2.75) is 40.2 Å². The number of aromatic nitrogens is 1. The van der Waals surface area contributed by atoms with Crippen molar-refractivity contribution in [2.75, 3.05) is 17.2 Å². The molecule has 5 nitrogen and oxygen atoms in total. The van der Waals surface area contributed by atoms with E-state index in [9.17, 15) is 4.79 Å². The quantitative estimate of drug-likeness (QED) is 0.738. The molecule has 1 aromatic carbocycles. The van der Waals surface area contributed by atoms with E-state index in [-0.39, 0.29) is 12.0 Å². The molecule has 2 rings (SSSR count). The molecule has 134 valence electrons. The van der Waals surface area contributed by atoms with E-state index in [0.717, 1.165) is 24.4 Å². The van der Waals surface area contributed by atoms with Crippen LogP contribution in [0, 0.1) is 5.92 Å². The third-order valence-corrected chi connectivity index (χ3v) is 3.53. The summed E-state index contributed by atoms with van der Waals surface area (Å²) in [6.07, 6.45) is 2.84. The Kier molecular flexibility index (Phi) is 6.81. The molecule has 1 aromatic heterocycles. The molecule has 5 heteroatoms. The van der Waals surface area contributed by atoms with Crippen molar-refractivity contribution in [3.8, 4) is 5.75 Å². The fraction of sp³-hybridized carbons (Fsp3) is 0.400. The second-order valence-electron chi connectivity index (χ2n) is 6.68. The molecule has 0 aliphatic rings. The van der Waals surface area contributed by atoms with Crippen LogP contribution in [0.1, 0.15) is 44.6 Å². The number of rotatable bonds is 8. The number of pyridine rings is 1. The predicted molar refractivity (Wildman–Crippen MR) is 102 cm³/mol. The summed E-state index contributed by atoms with van der Waals surface area (Å²) in [5.74, 6) is 1.19. The van der Waals surface area contributed by atoms with E-state index in [1.54, 1.807) is 12.3 Å². The van der Waals surface area contributed by atoms with E-state index < -0.39 is 0 Å². The Hall–Kier alpha value is -2.56. The molecule has 0 aliphatic carbocycles. The summed E-state index contributed by atoms with van der Waals surface area (Å²) in [5.41, 5.74) is 2.00. The molecule has 0 saturated carbocycles. The van der Waals surface area contributed by atoms with Gasteiger partial charge in [-0.1, -0.05) is 13.8 Å². The molecule has 0 fully saturated rings. The topological polar surface area (TPSA) is 63.2 Å². The molecule has 0 saturated heterocycles. The lowest BCUT2D eigenvalue weighted by atomic mass is 10.1. The van der Waals surface area contributed by atoms with Crippen molar-refractivity contribution < 1.29 is 9.53 Å². The smallest absolute Gasteiger partial charge is 0.274 e. The summed E-state index contributed by atoms with van der Waals surface area (Å²) in [5, 5.41) is 6.18. The molecule has 0 atom stereocenters. The van der Waals surface area contributed by atoms with E-state index in [1.165, 1.54) is 0 Å². The molecule has 25 heavy (non-hydrogen) atoms.